The number of benzene rings is 2. The second kappa shape index (κ2) is 8.12. The van der Waals surface area contributed by atoms with E-state index < -0.39 is 12.0 Å². The van der Waals surface area contributed by atoms with Crippen LogP contribution in [0.5, 0.6) is 0 Å². The Hall–Kier alpha value is -2.40. The summed E-state index contributed by atoms with van der Waals surface area (Å²) in [5, 5.41) is 14.2. The lowest BCUT2D eigenvalue weighted by Gasteiger charge is -2.24. The average Bonchev–Trinajstić information content (AvgIpc) is 2.61. The smallest absolute Gasteiger partial charge is 0.305 e. The number of hydrogen-bond acceptors (Lipinski definition) is 3. The molecule has 3 rings (SSSR count). The highest BCUT2D eigenvalue weighted by Crippen LogP contribution is 2.23. The number of rotatable bonds is 6. The summed E-state index contributed by atoms with van der Waals surface area (Å²) in [5.74, 6) is -1.10. The van der Waals surface area contributed by atoms with Crippen LogP contribution in [0.3, 0.4) is 0 Å². The van der Waals surface area contributed by atoms with Gasteiger partial charge in [0.1, 0.15) is 0 Å². The molecular weight excluding hydrogens is 318 g/mol. The maximum absolute atomic E-state index is 12.4. The zero-order chi connectivity index (χ0) is 17.6. The van der Waals surface area contributed by atoms with Gasteiger partial charge in [-0.25, -0.2) is 0 Å². The Balaban J connectivity index is 1.73. The Bertz CT molecular complexity index is 752. The molecule has 132 valence electrons. The van der Waals surface area contributed by atoms with Crippen LogP contribution in [-0.2, 0) is 14.3 Å². The van der Waals surface area contributed by atoms with Gasteiger partial charge in [0.25, 0.3) is 0 Å². The van der Waals surface area contributed by atoms with Crippen LogP contribution in [0, 0.1) is 0 Å². The second-order valence-electron chi connectivity index (χ2n) is 6.52. The number of carbonyl (C=O) groups excluding carboxylic acids is 1. The van der Waals surface area contributed by atoms with E-state index in [2.05, 4.69) is 5.32 Å². The minimum absolute atomic E-state index is 0.0594. The van der Waals surface area contributed by atoms with Crippen LogP contribution < -0.4 is 5.32 Å². The molecule has 1 saturated heterocycles. The van der Waals surface area contributed by atoms with Crippen molar-refractivity contribution in [1.29, 1.82) is 0 Å². The van der Waals surface area contributed by atoms with Crippen LogP contribution in [0.25, 0.3) is 10.8 Å². The third-order valence-electron chi connectivity index (χ3n) is 4.58. The third kappa shape index (κ3) is 4.79. The fourth-order valence-electron chi connectivity index (χ4n) is 3.28. The Labute approximate surface area is 147 Å². The first-order valence-electron chi connectivity index (χ1n) is 8.73. The van der Waals surface area contributed by atoms with Crippen LogP contribution in [0.2, 0.25) is 0 Å². The van der Waals surface area contributed by atoms with Gasteiger partial charge in [-0.1, -0.05) is 36.4 Å². The first-order valence-corrected chi connectivity index (χ1v) is 8.73. The highest BCUT2D eigenvalue weighted by Gasteiger charge is 2.22. The first kappa shape index (κ1) is 17.4. The molecule has 1 amide bonds. The van der Waals surface area contributed by atoms with Crippen LogP contribution in [0.1, 0.15) is 43.7 Å². The zero-order valence-electron chi connectivity index (χ0n) is 14.1. The van der Waals surface area contributed by atoms with Gasteiger partial charge in [0.05, 0.1) is 25.0 Å². The number of fused-ring (bicyclic) bond motifs is 1. The molecule has 0 saturated carbocycles. The van der Waals surface area contributed by atoms with Crippen LogP contribution in [0.15, 0.2) is 42.5 Å². The third-order valence-corrected chi connectivity index (χ3v) is 4.58. The molecule has 0 aromatic heterocycles. The Morgan fingerprint density at radius 2 is 1.96 bits per heavy atom. The summed E-state index contributed by atoms with van der Waals surface area (Å²) in [6.45, 7) is 0.696. The van der Waals surface area contributed by atoms with E-state index in [9.17, 15) is 14.7 Å². The van der Waals surface area contributed by atoms with E-state index >= 15 is 0 Å². The van der Waals surface area contributed by atoms with Crippen LogP contribution >= 0.6 is 0 Å². The fourth-order valence-corrected chi connectivity index (χ4v) is 3.28. The van der Waals surface area contributed by atoms with Crippen LogP contribution in [0.4, 0.5) is 0 Å². The molecule has 2 aromatic carbocycles. The molecule has 25 heavy (non-hydrogen) atoms. The highest BCUT2D eigenvalue weighted by atomic mass is 16.5. The number of aliphatic carboxylic acids is 1. The molecule has 0 spiro atoms. The van der Waals surface area contributed by atoms with E-state index in [0.717, 1.165) is 35.6 Å². The predicted molar refractivity (Wildman–Crippen MR) is 95.3 cm³/mol. The van der Waals surface area contributed by atoms with Gasteiger partial charge >= 0.3 is 5.97 Å². The number of hydrogen-bond donors (Lipinski definition) is 2. The maximum Gasteiger partial charge on any atom is 0.305 e. The first-order chi connectivity index (χ1) is 12.1. The van der Waals surface area contributed by atoms with Gasteiger partial charge in [-0.3, -0.25) is 9.59 Å². The summed E-state index contributed by atoms with van der Waals surface area (Å²) in [4.78, 5) is 23.6. The minimum atomic E-state index is -0.938. The van der Waals surface area contributed by atoms with E-state index in [1.165, 1.54) is 0 Å². The van der Waals surface area contributed by atoms with Crippen molar-refractivity contribution in [2.24, 2.45) is 0 Å². The van der Waals surface area contributed by atoms with Crippen molar-refractivity contribution in [3.05, 3.63) is 48.0 Å². The monoisotopic (exact) mass is 341 g/mol. The standard InChI is InChI=1S/C20H23NO4/c22-19(12-17-7-3-4-10-25-17)21-18(13-20(23)24)16-9-8-14-5-1-2-6-15(14)11-16/h1-2,5-6,8-9,11,17-18H,3-4,7,10,12-13H2,(H,21,22)(H,23,24)/t17?,18-/m0/s1. The predicted octanol–water partition coefficient (Wildman–Crippen LogP) is 3.43. The number of ether oxygens (including phenoxy) is 1. The Kier molecular flexibility index (Phi) is 5.66. The fraction of sp³-hybridized carbons (Fsp3) is 0.400. The van der Waals surface area contributed by atoms with Crippen molar-refractivity contribution in [3.8, 4) is 0 Å². The lowest BCUT2D eigenvalue weighted by molar-refractivity contribution is -0.137. The lowest BCUT2D eigenvalue weighted by Crippen LogP contribution is -2.34. The topological polar surface area (TPSA) is 75.6 Å². The summed E-state index contributed by atoms with van der Waals surface area (Å²) in [6.07, 6.45) is 3.07. The Morgan fingerprint density at radius 1 is 1.16 bits per heavy atom. The molecule has 1 aliphatic heterocycles. The maximum atomic E-state index is 12.4. The molecular formula is C20H23NO4. The van der Waals surface area contributed by atoms with Gasteiger partial charge in [-0.05, 0) is 41.7 Å². The van der Waals surface area contributed by atoms with E-state index in [0.29, 0.717) is 6.61 Å². The molecule has 1 fully saturated rings. The summed E-state index contributed by atoms with van der Waals surface area (Å²) < 4.78 is 5.60. The van der Waals surface area contributed by atoms with Crippen molar-refractivity contribution >= 4 is 22.6 Å². The van der Waals surface area contributed by atoms with Gasteiger partial charge < -0.3 is 15.2 Å². The molecule has 5 nitrogen and oxygen atoms in total. The zero-order valence-corrected chi connectivity index (χ0v) is 14.1. The van der Waals surface area contributed by atoms with E-state index in [1.54, 1.807) is 0 Å². The molecule has 2 atom stereocenters. The van der Waals surface area contributed by atoms with E-state index in [4.69, 9.17) is 4.74 Å². The largest absolute Gasteiger partial charge is 0.481 e. The van der Waals surface area contributed by atoms with Crippen LogP contribution in [-0.4, -0.2) is 29.7 Å². The highest BCUT2D eigenvalue weighted by molar-refractivity contribution is 5.84. The average molecular weight is 341 g/mol. The molecule has 1 heterocycles. The van der Waals surface area contributed by atoms with Crippen molar-refractivity contribution in [2.45, 2.75) is 44.2 Å². The number of carboxylic acids is 1. The molecule has 2 aromatic rings. The van der Waals surface area contributed by atoms with E-state index in [-0.39, 0.29) is 24.9 Å². The lowest BCUT2D eigenvalue weighted by atomic mass is 9.99. The summed E-state index contributed by atoms with van der Waals surface area (Å²) in [7, 11) is 0. The van der Waals surface area contributed by atoms with Gasteiger partial charge in [0, 0.05) is 6.61 Å². The summed E-state index contributed by atoms with van der Waals surface area (Å²) in [6, 6.07) is 13.1. The van der Waals surface area contributed by atoms with Crippen molar-refractivity contribution < 1.29 is 19.4 Å². The van der Waals surface area contributed by atoms with Crippen molar-refractivity contribution in [2.75, 3.05) is 6.61 Å². The second-order valence-corrected chi connectivity index (χ2v) is 6.52. The molecule has 0 bridgehead atoms. The van der Waals surface area contributed by atoms with Crippen molar-refractivity contribution in [3.63, 3.8) is 0 Å². The molecule has 0 radical (unpaired) electrons. The van der Waals surface area contributed by atoms with Crippen molar-refractivity contribution in [1.82, 2.24) is 5.32 Å². The van der Waals surface area contributed by atoms with Gasteiger partial charge in [0.15, 0.2) is 0 Å². The Morgan fingerprint density at radius 3 is 2.68 bits per heavy atom. The molecule has 0 aliphatic carbocycles. The number of amides is 1. The molecule has 2 N–H and O–H groups in total. The quantitative estimate of drug-likeness (QED) is 0.844. The molecule has 1 unspecified atom stereocenters. The molecule has 5 heteroatoms. The van der Waals surface area contributed by atoms with Gasteiger partial charge in [-0.15, -0.1) is 0 Å². The normalized spacial score (nSPS) is 18.6. The molecule has 1 aliphatic rings. The number of carbonyl (C=O) groups is 2. The number of carboxylic acid groups (broad SMARTS) is 1. The SMILES string of the molecule is O=C(O)C[C@H](NC(=O)CC1CCCCO1)c1ccc2ccccc2c1. The van der Waals surface area contributed by atoms with E-state index in [1.807, 2.05) is 42.5 Å². The summed E-state index contributed by atoms with van der Waals surface area (Å²) >= 11 is 0. The van der Waals surface area contributed by atoms with Gasteiger partial charge in [0.2, 0.25) is 5.91 Å². The summed E-state index contributed by atoms with van der Waals surface area (Å²) in [5.41, 5.74) is 0.805. The van der Waals surface area contributed by atoms with Gasteiger partial charge in [-0.2, -0.15) is 0 Å². The minimum Gasteiger partial charge on any atom is -0.481 e. The number of nitrogens with one attached hydrogen (secondary N) is 1.